The molecule has 1 aliphatic rings. The minimum atomic E-state index is 0.0314. The van der Waals surface area contributed by atoms with E-state index in [2.05, 4.69) is 26.8 Å². The molecule has 0 bridgehead atoms. The van der Waals surface area contributed by atoms with Crippen molar-refractivity contribution in [3.8, 4) is 22.1 Å². The van der Waals surface area contributed by atoms with Crippen LogP contribution in [0.15, 0.2) is 30.0 Å². The predicted octanol–water partition coefficient (Wildman–Crippen LogP) is 5.49. The highest BCUT2D eigenvalue weighted by Crippen LogP contribution is 2.31. The molecule has 1 saturated carbocycles. The van der Waals surface area contributed by atoms with E-state index in [0.29, 0.717) is 5.92 Å². The van der Waals surface area contributed by atoms with Gasteiger partial charge in [-0.1, -0.05) is 32.6 Å². The number of nitrogens with one attached hydrogen (secondary N) is 1. The van der Waals surface area contributed by atoms with Gasteiger partial charge in [0.05, 0.1) is 23.1 Å². The molecule has 0 aliphatic heterocycles. The van der Waals surface area contributed by atoms with Gasteiger partial charge in [0.1, 0.15) is 10.7 Å². The smallest absolute Gasteiger partial charge is 0.253 e. The van der Waals surface area contributed by atoms with E-state index >= 15 is 0 Å². The Kier molecular flexibility index (Phi) is 7.12. The topological polar surface area (TPSA) is 72.7 Å². The maximum atomic E-state index is 13.0. The molecule has 1 fully saturated rings. The summed E-state index contributed by atoms with van der Waals surface area (Å²) in [5.41, 5.74) is 4.43. The van der Waals surface area contributed by atoms with Gasteiger partial charge >= 0.3 is 0 Å². The molecule has 7 heteroatoms. The Hall–Kier alpha value is -2.54. The van der Waals surface area contributed by atoms with Crippen molar-refractivity contribution in [2.75, 3.05) is 6.54 Å². The first-order valence-electron chi connectivity index (χ1n) is 11.4. The first-order valence-corrected chi connectivity index (χ1v) is 12.3. The molecule has 0 saturated heterocycles. The van der Waals surface area contributed by atoms with Gasteiger partial charge in [-0.3, -0.25) is 14.8 Å². The summed E-state index contributed by atoms with van der Waals surface area (Å²) in [5.74, 6) is 0.650. The number of rotatable bonds is 8. The number of carbonyl (C=O) groups excluding carboxylic acids is 1. The molecule has 6 nitrogen and oxygen atoms in total. The molecule has 164 valence electrons. The first kappa shape index (κ1) is 21.7. The highest BCUT2D eigenvalue weighted by molar-refractivity contribution is 7.13. The Morgan fingerprint density at radius 2 is 2.06 bits per heavy atom. The van der Waals surface area contributed by atoms with E-state index < -0.39 is 0 Å². The predicted molar refractivity (Wildman–Crippen MR) is 125 cm³/mol. The van der Waals surface area contributed by atoms with Gasteiger partial charge in [0.25, 0.3) is 5.91 Å². The molecule has 4 rings (SSSR count). The number of thiazole rings is 1. The number of hydrogen-bond donors (Lipinski definition) is 1. The third kappa shape index (κ3) is 5.03. The van der Waals surface area contributed by atoms with Crippen molar-refractivity contribution in [3.63, 3.8) is 0 Å². The molecule has 31 heavy (non-hydrogen) atoms. The average molecular weight is 438 g/mol. The van der Waals surface area contributed by atoms with Crippen LogP contribution in [-0.2, 0) is 6.54 Å². The fourth-order valence-corrected chi connectivity index (χ4v) is 5.11. The van der Waals surface area contributed by atoms with Gasteiger partial charge in [0.15, 0.2) is 0 Å². The highest BCUT2D eigenvalue weighted by atomic mass is 32.1. The molecule has 0 aromatic carbocycles. The maximum absolute atomic E-state index is 13.0. The van der Waals surface area contributed by atoms with Gasteiger partial charge in [-0.2, -0.15) is 0 Å². The Morgan fingerprint density at radius 3 is 2.81 bits per heavy atom. The van der Waals surface area contributed by atoms with Crippen LogP contribution in [0.1, 0.15) is 67.9 Å². The van der Waals surface area contributed by atoms with Gasteiger partial charge in [0, 0.05) is 36.6 Å². The minimum Gasteiger partial charge on any atom is -0.352 e. The molecule has 1 N–H and O–H groups in total. The largest absolute Gasteiger partial charge is 0.352 e. The van der Waals surface area contributed by atoms with Crippen LogP contribution >= 0.6 is 11.3 Å². The zero-order valence-corrected chi connectivity index (χ0v) is 19.2. The molecule has 0 radical (unpaired) electrons. The minimum absolute atomic E-state index is 0.0314. The molecular formula is C24H31N5OS. The lowest BCUT2D eigenvalue weighted by molar-refractivity contribution is 0.0943. The molecule has 1 aliphatic carbocycles. The van der Waals surface area contributed by atoms with Crippen molar-refractivity contribution in [2.24, 2.45) is 5.92 Å². The van der Waals surface area contributed by atoms with Crippen LogP contribution in [0.25, 0.3) is 22.1 Å². The summed E-state index contributed by atoms with van der Waals surface area (Å²) in [5, 5.41) is 6.09. The molecule has 0 unspecified atom stereocenters. The second kappa shape index (κ2) is 10.2. The quantitative estimate of drug-likeness (QED) is 0.506. The Balaban J connectivity index is 1.58. The molecule has 3 aromatic rings. The highest BCUT2D eigenvalue weighted by Gasteiger charge is 2.21. The maximum Gasteiger partial charge on any atom is 0.253 e. The van der Waals surface area contributed by atoms with Crippen LogP contribution in [-0.4, -0.2) is 32.0 Å². The van der Waals surface area contributed by atoms with Crippen molar-refractivity contribution in [1.82, 2.24) is 24.8 Å². The summed E-state index contributed by atoms with van der Waals surface area (Å²) < 4.78 is 2.24. The van der Waals surface area contributed by atoms with E-state index in [0.717, 1.165) is 59.3 Å². The number of unbranched alkanes of at least 4 members (excludes halogenated alkanes) is 1. The van der Waals surface area contributed by atoms with E-state index in [9.17, 15) is 4.79 Å². The van der Waals surface area contributed by atoms with Crippen molar-refractivity contribution < 1.29 is 4.79 Å². The first-order chi connectivity index (χ1) is 15.2. The Morgan fingerprint density at radius 1 is 1.23 bits per heavy atom. The zero-order chi connectivity index (χ0) is 21.6. The van der Waals surface area contributed by atoms with Gasteiger partial charge in [-0.25, -0.2) is 4.98 Å². The summed E-state index contributed by atoms with van der Waals surface area (Å²) in [6.07, 6.45) is 13.6. The van der Waals surface area contributed by atoms with E-state index in [1.807, 2.05) is 18.4 Å². The van der Waals surface area contributed by atoms with Crippen LogP contribution in [0.2, 0.25) is 0 Å². The molecule has 0 spiro atoms. The number of hydrogen-bond acceptors (Lipinski definition) is 5. The average Bonchev–Trinajstić information content (AvgIpc) is 3.42. The van der Waals surface area contributed by atoms with Crippen molar-refractivity contribution in [2.45, 2.75) is 65.3 Å². The Labute approximate surface area is 188 Å². The molecule has 3 aromatic heterocycles. The van der Waals surface area contributed by atoms with Gasteiger partial charge in [0.2, 0.25) is 0 Å². The second-order valence-electron chi connectivity index (χ2n) is 8.38. The van der Waals surface area contributed by atoms with E-state index in [1.165, 1.54) is 32.1 Å². The summed E-state index contributed by atoms with van der Waals surface area (Å²) in [6.45, 7) is 5.89. The van der Waals surface area contributed by atoms with Crippen LogP contribution in [0, 0.1) is 12.8 Å². The summed E-state index contributed by atoms with van der Waals surface area (Å²) >= 11 is 1.56. The second-order valence-corrected chi connectivity index (χ2v) is 9.23. The van der Waals surface area contributed by atoms with Gasteiger partial charge in [-0.15, -0.1) is 11.3 Å². The number of nitrogens with zero attached hydrogens (tertiary/aromatic N) is 4. The number of amides is 1. The van der Waals surface area contributed by atoms with Crippen LogP contribution in [0.3, 0.4) is 0 Å². The van der Waals surface area contributed by atoms with Gasteiger partial charge in [-0.05, 0) is 38.2 Å². The lowest BCUT2D eigenvalue weighted by Gasteiger charge is -2.21. The lowest BCUT2D eigenvalue weighted by Crippen LogP contribution is -2.30. The van der Waals surface area contributed by atoms with Crippen molar-refractivity contribution in [3.05, 3.63) is 41.3 Å². The summed E-state index contributed by atoms with van der Waals surface area (Å²) in [6, 6.07) is 2.01. The molecule has 0 atom stereocenters. The molecule has 3 heterocycles. The fourth-order valence-electron chi connectivity index (χ4n) is 4.33. The molecular weight excluding hydrogens is 406 g/mol. The van der Waals surface area contributed by atoms with Crippen LogP contribution in [0.4, 0.5) is 0 Å². The number of carbonyl (C=O) groups is 1. The Bertz CT molecular complexity index is 1000. The van der Waals surface area contributed by atoms with Crippen molar-refractivity contribution in [1.29, 1.82) is 0 Å². The molecule has 1 amide bonds. The van der Waals surface area contributed by atoms with E-state index in [4.69, 9.17) is 4.98 Å². The standard InChI is InChI=1S/C24H31N5OS/c1-3-4-12-29-17(2)19(23(30)27-14-18-8-6-5-7-9-18)13-22(29)21-16-31-24(28-21)20-15-25-10-11-26-20/h10-11,13,15-16,18H,3-9,12,14H2,1-2H3,(H,27,30). The summed E-state index contributed by atoms with van der Waals surface area (Å²) in [4.78, 5) is 26.4. The SMILES string of the molecule is CCCCn1c(-c2csc(-c3cnccn3)n2)cc(C(=O)NCC2CCCCC2)c1C. The normalized spacial score (nSPS) is 14.6. The third-order valence-corrected chi connectivity index (χ3v) is 7.04. The fraction of sp³-hybridized carbons (Fsp3) is 0.500. The van der Waals surface area contributed by atoms with Crippen molar-refractivity contribution >= 4 is 17.2 Å². The van der Waals surface area contributed by atoms with E-state index in [-0.39, 0.29) is 5.91 Å². The zero-order valence-electron chi connectivity index (χ0n) is 18.4. The van der Waals surface area contributed by atoms with Crippen LogP contribution < -0.4 is 5.32 Å². The van der Waals surface area contributed by atoms with Crippen LogP contribution in [0.5, 0.6) is 0 Å². The lowest BCUT2D eigenvalue weighted by atomic mass is 9.89. The number of aromatic nitrogens is 4. The monoisotopic (exact) mass is 437 g/mol. The van der Waals surface area contributed by atoms with E-state index in [1.54, 1.807) is 29.9 Å². The summed E-state index contributed by atoms with van der Waals surface area (Å²) in [7, 11) is 0. The third-order valence-electron chi connectivity index (χ3n) is 6.17. The van der Waals surface area contributed by atoms with Gasteiger partial charge < -0.3 is 9.88 Å².